The third-order valence-corrected chi connectivity index (χ3v) is 5.39. The highest BCUT2D eigenvalue weighted by Gasteiger charge is 2.39. The van der Waals surface area contributed by atoms with Crippen molar-refractivity contribution >= 4 is 23.9 Å². The van der Waals surface area contributed by atoms with Gasteiger partial charge in [0.25, 0.3) is 0 Å². The average molecular weight is 478 g/mol. The Balaban J connectivity index is 2.09. The fraction of sp³-hybridized carbons (Fsp3) is 0.583. The molecule has 4 atom stereocenters. The van der Waals surface area contributed by atoms with E-state index in [-0.39, 0.29) is 6.42 Å². The van der Waals surface area contributed by atoms with Gasteiger partial charge >= 0.3 is 12.1 Å². The minimum absolute atomic E-state index is 0.195. The number of hydrogen-bond donors (Lipinski definition) is 3. The lowest BCUT2D eigenvalue weighted by molar-refractivity contribution is -0.152. The SMILES string of the molecule is COC(=O)[C@H](O)C(Cc1ccccc1)NC(=O)[C@@H]1CCCN1C(=O)[C@H](C)NC(=O)OC(C)(C)C. The van der Waals surface area contributed by atoms with E-state index in [0.29, 0.717) is 19.4 Å². The molecule has 1 heterocycles. The van der Waals surface area contributed by atoms with Crippen LogP contribution < -0.4 is 10.6 Å². The van der Waals surface area contributed by atoms with Gasteiger partial charge in [-0.1, -0.05) is 30.3 Å². The van der Waals surface area contributed by atoms with Crippen LogP contribution in [-0.2, 0) is 30.3 Å². The van der Waals surface area contributed by atoms with Crippen molar-refractivity contribution in [2.75, 3.05) is 13.7 Å². The molecule has 1 aromatic carbocycles. The molecular formula is C24H35N3O7. The van der Waals surface area contributed by atoms with Crippen LogP contribution in [0.4, 0.5) is 4.79 Å². The first kappa shape index (κ1) is 27.1. The number of nitrogens with zero attached hydrogens (tertiary/aromatic N) is 1. The Bertz CT molecular complexity index is 869. The number of rotatable bonds is 8. The minimum Gasteiger partial charge on any atom is -0.467 e. The van der Waals surface area contributed by atoms with Gasteiger partial charge in [0.15, 0.2) is 6.10 Å². The number of hydrogen-bond acceptors (Lipinski definition) is 7. The van der Waals surface area contributed by atoms with Crippen LogP contribution in [0.1, 0.15) is 46.1 Å². The summed E-state index contributed by atoms with van der Waals surface area (Å²) >= 11 is 0. The van der Waals surface area contributed by atoms with Gasteiger partial charge in [0.2, 0.25) is 11.8 Å². The Morgan fingerprint density at radius 1 is 1.15 bits per heavy atom. The first-order chi connectivity index (χ1) is 15.9. The van der Waals surface area contributed by atoms with Gasteiger partial charge in [-0.05, 0) is 52.5 Å². The fourth-order valence-electron chi connectivity index (χ4n) is 3.77. The van der Waals surface area contributed by atoms with Crippen LogP contribution >= 0.6 is 0 Å². The Kier molecular flexibility index (Phi) is 9.43. The van der Waals surface area contributed by atoms with E-state index >= 15 is 0 Å². The van der Waals surface area contributed by atoms with Gasteiger partial charge in [0, 0.05) is 6.54 Å². The number of methoxy groups -OCH3 is 1. The third-order valence-electron chi connectivity index (χ3n) is 5.39. The molecule has 1 aromatic rings. The number of amides is 3. The van der Waals surface area contributed by atoms with Crippen molar-refractivity contribution in [1.82, 2.24) is 15.5 Å². The maximum atomic E-state index is 13.1. The number of nitrogens with one attached hydrogen (secondary N) is 2. The third kappa shape index (κ3) is 7.72. The van der Waals surface area contributed by atoms with Crippen molar-refractivity contribution in [3.63, 3.8) is 0 Å². The van der Waals surface area contributed by atoms with Gasteiger partial charge in [-0.25, -0.2) is 9.59 Å². The van der Waals surface area contributed by atoms with Gasteiger partial charge in [0.1, 0.15) is 17.7 Å². The van der Waals surface area contributed by atoms with Crippen molar-refractivity contribution in [3.8, 4) is 0 Å². The first-order valence-electron chi connectivity index (χ1n) is 11.3. The summed E-state index contributed by atoms with van der Waals surface area (Å²) in [5.41, 5.74) is 0.0993. The zero-order valence-electron chi connectivity index (χ0n) is 20.4. The van der Waals surface area contributed by atoms with Crippen LogP contribution in [0.3, 0.4) is 0 Å². The Labute approximate surface area is 200 Å². The highest BCUT2D eigenvalue weighted by Crippen LogP contribution is 2.20. The molecule has 0 aliphatic carbocycles. The molecule has 0 radical (unpaired) electrons. The molecule has 3 amide bonds. The summed E-state index contributed by atoms with van der Waals surface area (Å²) in [6, 6.07) is 6.46. The van der Waals surface area contributed by atoms with Crippen LogP contribution in [0.5, 0.6) is 0 Å². The molecule has 1 aliphatic rings. The lowest BCUT2D eigenvalue weighted by atomic mass is 10.0. The fourth-order valence-corrected chi connectivity index (χ4v) is 3.77. The summed E-state index contributed by atoms with van der Waals surface area (Å²) in [6.45, 7) is 7.02. The maximum absolute atomic E-state index is 13.1. The highest BCUT2D eigenvalue weighted by atomic mass is 16.6. The van der Waals surface area contributed by atoms with Crippen molar-refractivity contribution in [1.29, 1.82) is 0 Å². The predicted molar refractivity (Wildman–Crippen MR) is 124 cm³/mol. The summed E-state index contributed by atoms with van der Waals surface area (Å²) in [5, 5.41) is 15.7. The Hall–Kier alpha value is -3.14. The normalized spacial score (nSPS) is 18.4. The molecule has 0 saturated carbocycles. The molecule has 188 valence electrons. The Morgan fingerprint density at radius 3 is 2.38 bits per heavy atom. The summed E-state index contributed by atoms with van der Waals surface area (Å²) in [7, 11) is 1.16. The number of likely N-dealkylation sites (tertiary alicyclic amines) is 1. The number of esters is 1. The van der Waals surface area contributed by atoms with Crippen LogP contribution in [0.25, 0.3) is 0 Å². The van der Waals surface area contributed by atoms with E-state index in [1.165, 1.54) is 11.8 Å². The monoisotopic (exact) mass is 477 g/mol. The largest absolute Gasteiger partial charge is 0.467 e. The van der Waals surface area contributed by atoms with Gasteiger partial charge in [-0.2, -0.15) is 0 Å². The van der Waals surface area contributed by atoms with Gasteiger partial charge in [-0.3, -0.25) is 9.59 Å². The smallest absolute Gasteiger partial charge is 0.408 e. The van der Waals surface area contributed by atoms with Crippen LogP contribution in [0, 0.1) is 0 Å². The number of alkyl carbamates (subject to hydrolysis) is 1. The molecule has 3 N–H and O–H groups in total. The van der Waals surface area contributed by atoms with Crippen molar-refractivity contribution in [2.24, 2.45) is 0 Å². The molecule has 1 saturated heterocycles. The molecule has 10 heteroatoms. The summed E-state index contributed by atoms with van der Waals surface area (Å²) in [6.07, 6.45) is -1.08. The number of ether oxygens (including phenoxy) is 2. The second kappa shape index (κ2) is 11.8. The van der Waals surface area contributed by atoms with E-state index in [2.05, 4.69) is 15.4 Å². The van der Waals surface area contributed by atoms with E-state index in [1.807, 2.05) is 30.3 Å². The Morgan fingerprint density at radius 2 is 1.79 bits per heavy atom. The molecule has 1 aliphatic heterocycles. The van der Waals surface area contributed by atoms with E-state index in [1.54, 1.807) is 20.8 Å². The van der Waals surface area contributed by atoms with E-state index in [0.717, 1.165) is 12.7 Å². The topological polar surface area (TPSA) is 134 Å². The van der Waals surface area contributed by atoms with Crippen LogP contribution in [-0.4, -0.2) is 77.4 Å². The van der Waals surface area contributed by atoms with Crippen molar-refractivity contribution in [2.45, 2.75) is 76.8 Å². The summed E-state index contributed by atoms with van der Waals surface area (Å²) < 4.78 is 9.84. The average Bonchev–Trinajstić information content (AvgIpc) is 3.26. The minimum atomic E-state index is -1.58. The number of carbonyl (C=O) groups excluding carboxylic acids is 4. The molecular weight excluding hydrogens is 442 g/mol. The molecule has 0 aromatic heterocycles. The molecule has 10 nitrogen and oxygen atoms in total. The summed E-state index contributed by atoms with van der Waals surface area (Å²) in [4.78, 5) is 51.5. The second-order valence-electron chi connectivity index (χ2n) is 9.33. The van der Waals surface area contributed by atoms with E-state index in [4.69, 9.17) is 4.74 Å². The molecule has 0 bridgehead atoms. The molecule has 1 fully saturated rings. The quantitative estimate of drug-likeness (QED) is 0.478. The van der Waals surface area contributed by atoms with Crippen molar-refractivity contribution in [3.05, 3.63) is 35.9 Å². The van der Waals surface area contributed by atoms with Gasteiger partial charge in [0.05, 0.1) is 13.2 Å². The maximum Gasteiger partial charge on any atom is 0.408 e. The number of aliphatic hydroxyl groups is 1. The van der Waals surface area contributed by atoms with Crippen LogP contribution in [0.15, 0.2) is 30.3 Å². The molecule has 2 rings (SSSR count). The lowest BCUT2D eigenvalue weighted by Crippen LogP contribution is -2.56. The van der Waals surface area contributed by atoms with E-state index in [9.17, 15) is 24.3 Å². The van der Waals surface area contributed by atoms with E-state index < -0.39 is 53.7 Å². The lowest BCUT2D eigenvalue weighted by Gasteiger charge is -2.30. The standard InChI is InChI=1S/C24H35N3O7/c1-15(25-23(32)34-24(2,3)4)21(30)27-13-9-12-18(27)20(29)26-17(19(28)22(31)33-5)14-16-10-7-6-8-11-16/h6-8,10-11,15,17-19,28H,9,12-14H2,1-5H3,(H,25,32)(H,26,29)/t15-,17?,18-,19+/m0/s1. The van der Waals surface area contributed by atoms with Crippen molar-refractivity contribution < 1.29 is 33.8 Å². The van der Waals surface area contributed by atoms with Gasteiger partial charge in [-0.15, -0.1) is 0 Å². The second-order valence-corrected chi connectivity index (χ2v) is 9.33. The predicted octanol–water partition coefficient (Wildman–Crippen LogP) is 1.15. The summed E-state index contributed by atoms with van der Waals surface area (Å²) in [5.74, 6) is -1.77. The molecule has 34 heavy (non-hydrogen) atoms. The number of aliphatic hydroxyl groups excluding tert-OH is 1. The first-order valence-corrected chi connectivity index (χ1v) is 11.3. The molecule has 1 unspecified atom stereocenters. The number of carbonyl (C=O) groups is 4. The molecule has 0 spiro atoms. The van der Waals surface area contributed by atoms with Crippen LogP contribution in [0.2, 0.25) is 0 Å². The number of benzene rings is 1. The van der Waals surface area contributed by atoms with Gasteiger partial charge < -0.3 is 30.1 Å². The zero-order chi connectivity index (χ0) is 25.5. The highest BCUT2D eigenvalue weighted by molar-refractivity contribution is 5.92. The zero-order valence-corrected chi connectivity index (χ0v) is 20.4.